The maximum atomic E-state index is 13.7. The number of nitrogens with one attached hydrogen (secondary N) is 2. The number of quaternary nitrogens is 1. The zero-order valence-corrected chi connectivity index (χ0v) is 12.6. The Morgan fingerprint density at radius 3 is 2.71 bits per heavy atom. The summed E-state index contributed by atoms with van der Waals surface area (Å²) in [5.74, 6) is -0.405. The second-order valence-corrected chi connectivity index (χ2v) is 5.36. The predicted molar refractivity (Wildman–Crippen MR) is 78.0 cm³/mol. The van der Waals surface area contributed by atoms with Crippen LogP contribution >= 0.6 is 11.6 Å². The first-order valence-electron chi connectivity index (χ1n) is 6.56. The van der Waals surface area contributed by atoms with E-state index in [2.05, 4.69) is 5.32 Å². The Labute approximate surface area is 127 Å². The van der Waals surface area contributed by atoms with E-state index in [0.717, 1.165) is 10.7 Å². The van der Waals surface area contributed by atoms with Gasteiger partial charge in [-0.2, -0.15) is 0 Å². The average molecular weight is 312 g/mol. The third kappa shape index (κ3) is 3.62. The molecule has 1 atom stereocenters. The minimum Gasteiger partial charge on any atom is -0.463 e. The summed E-state index contributed by atoms with van der Waals surface area (Å²) in [6.07, 6.45) is 1.58. The van der Waals surface area contributed by atoms with E-state index in [9.17, 15) is 9.18 Å². The zero-order valence-electron chi connectivity index (χ0n) is 11.8. The quantitative estimate of drug-likeness (QED) is 0.883. The minimum atomic E-state index is -0.633. The fourth-order valence-corrected chi connectivity index (χ4v) is 2.33. The van der Waals surface area contributed by atoms with Crippen molar-refractivity contribution in [2.24, 2.45) is 0 Å². The lowest BCUT2D eigenvalue weighted by Crippen LogP contribution is -3.07. The molecule has 0 spiro atoms. The first kappa shape index (κ1) is 15.5. The molecule has 0 saturated heterocycles. The van der Waals surface area contributed by atoms with Crippen LogP contribution in [0.2, 0.25) is 5.02 Å². The molecule has 0 aliphatic carbocycles. The Kier molecular flexibility index (Phi) is 4.98. The van der Waals surface area contributed by atoms with E-state index in [1.807, 2.05) is 20.2 Å². The molecule has 0 aliphatic rings. The molecule has 2 aromatic rings. The van der Waals surface area contributed by atoms with E-state index >= 15 is 0 Å². The van der Waals surface area contributed by atoms with Gasteiger partial charge in [-0.1, -0.05) is 17.7 Å². The topological polar surface area (TPSA) is 46.7 Å². The lowest BCUT2D eigenvalue weighted by molar-refractivity contribution is -0.891. The Morgan fingerprint density at radius 2 is 2.14 bits per heavy atom. The van der Waals surface area contributed by atoms with Crippen molar-refractivity contribution in [3.05, 3.63) is 58.8 Å². The van der Waals surface area contributed by atoms with Crippen LogP contribution in [-0.2, 0) is 0 Å². The first-order valence-corrected chi connectivity index (χ1v) is 6.94. The third-order valence-corrected chi connectivity index (χ3v) is 3.56. The summed E-state index contributed by atoms with van der Waals surface area (Å²) in [5, 5.41) is 2.80. The standard InChI is InChI=1S/C15H16ClFN2O2/c1-19(2)12(13-7-4-8-21-13)9-18-15(20)14-10(16)5-3-6-11(14)17/h3-8,12H,9H2,1-2H3,(H,18,20)/p+1/t12-/m0/s1. The Balaban J connectivity index is 2.09. The molecule has 2 rings (SSSR count). The summed E-state index contributed by atoms with van der Waals surface area (Å²) in [4.78, 5) is 13.2. The molecule has 0 fully saturated rings. The normalized spacial score (nSPS) is 12.4. The van der Waals surface area contributed by atoms with E-state index in [0.29, 0.717) is 6.54 Å². The van der Waals surface area contributed by atoms with E-state index in [-0.39, 0.29) is 16.6 Å². The van der Waals surface area contributed by atoms with Crippen molar-refractivity contribution in [3.63, 3.8) is 0 Å². The third-order valence-electron chi connectivity index (χ3n) is 3.24. The van der Waals surface area contributed by atoms with Crippen LogP contribution in [0.25, 0.3) is 0 Å². The fraction of sp³-hybridized carbons (Fsp3) is 0.267. The average Bonchev–Trinajstić information content (AvgIpc) is 2.92. The summed E-state index contributed by atoms with van der Waals surface area (Å²) >= 11 is 5.88. The first-order chi connectivity index (χ1) is 10.0. The number of rotatable bonds is 5. The van der Waals surface area contributed by atoms with Crippen LogP contribution in [0.1, 0.15) is 22.2 Å². The van der Waals surface area contributed by atoms with Gasteiger partial charge in [0.15, 0.2) is 11.8 Å². The van der Waals surface area contributed by atoms with Crippen LogP contribution in [0.3, 0.4) is 0 Å². The molecule has 6 heteroatoms. The largest absolute Gasteiger partial charge is 0.463 e. The molecule has 2 N–H and O–H groups in total. The van der Waals surface area contributed by atoms with Gasteiger partial charge in [-0.3, -0.25) is 4.79 Å². The molecule has 1 aromatic heterocycles. The fourth-order valence-electron chi connectivity index (χ4n) is 2.08. The van der Waals surface area contributed by atoms with Crippen LogP contribution in [0.15, 0.2) is 41.0 Å². The van der Waals surface area contributed by atoms with Gasteiger partial charge in [0, 0.05) is 0 Å². The summed E-state index contributed by atoms with van der Waals surface area (Å²) in [6, 6.07) is 7.74. The molecule has 1 amide bonds. The van der Waals surface area contributed by atoms with Crippen molar-refractivity contribution in [1.29, 1.82) is 0 Å². The molecule has 0 saturated carbocycles. The highest BCUT2D eigenvalue weighted by molar-refractivity contribution is 6.33. The monoisotopic (exact) mass is 311 g/mol. The Bertz CT molecular complexity index is 594. The summed E-state index contributed by atoms with van der Waals surface area (Å²) < 4.78 is 19.1. The molecule has 4 nitrogen and oxygen atoms in total. The number of likely N-dealkylation sites (N-methyl/N-ethyl adjacent to an activating group) is 1. The molecule has 112 valence electrons. The van der Waals surface area contributed by atoms with Gasteiger partial charge in [-0.15, -0.1) is 0 Å². The molecule has 0 radical (unpaired) electrons. The molecule has 1 heterocycles. The van der Waals surface area contributed by atoms with Crippen molar-refractivity contribution < 1.29 is 18.5 Å². The van der Waals surface area contributed by atoms with Crippen molar-refractivity contribution in [2.75, 3.05) is 20.6 Å². The molecule has 0 unspecified atom stereocenters. The highest BCUT2D eigenvalue weighted by Gasteiger charge is 2.23. The Hall–Kier alpha value is -1.85. The van der Waals surface area contributed by atoms with Crippen LogP contribution < -0.4 is 10.2 Å². The number of halogens is 2. The van der Waals surface area contributed by atoms with Gasteiger partial charge in [0.2, 0.25) is 0 Å². The number of hydrogen-bond acceptors (Lipinski definition) is 2. The van der Waals surface area contributed by atoms with E-state index in [4.69, 9.17) is 16.0 Å². The molecule has 1 aromatic carbocycles. The van der Waals surface area contributed by atoms with Crippen LogP contribution in [0.5, 0.6) is 0 Å². The lowest BCUT2D eigenvalue weighted by Gasteiger charge is -2.20. The second kappa shape index (κ2) is 6.74. The molecular weight excluding hydrogens is 295 g/mol. The van der Waals surface area contributed by atoms with E-state index in [1.165, 1.54) is 18.2 Å². The van der Waals surface area contributed by atoms with E-state index < -0.39 is 11.7 Å². The van der Waals surface area contributed by atoms with E-state index in [1.54, 1.807) is 12.3 Å². The maximum absolute atomic E-state index is 13.7. The van der Waals surface area contributed by atoms with Gasteiger partial charge in [0.05, 0.1) is 37.5 Å². The van der Waals surface area contributed by atoms with Crippen molar-refractivity contribution in [1.82, 2.24) is 5.32 Å². The van der Waals surface area contributed by atoms with Crippen LogP contribution in [-0.4, -0.2) is 26.5 Å². The molecule has 0 aliphatic heterocycles. The van der Waals surface area contributed by atoms with Gasteiger partial charge in [0.25, 0.3) is 5.91 Å². The van der Waals surface area contributed by atoms with Crippen molar-refractivity contribution in [3.8, 4) is 0 Å². The highest BCUT2D eigenvalue weighted by Crippen LogP contribution is 2.19. The van der Waals surface area contributed by atoms with Gasteiger partial charge in [-0.05, 0) is 24.3 Å². The molecule has 0 bridgehead atoms. The zero-order chi connectivity index (χ0) is 15.4. The smallest absolute Gasteiger partial charge is 0.256 e. The van der Waals surface area contributed by atoms with Gasteiger partial charge >= 0.3 is 0 Å². The number of hydrogen-bond donors (Lipinski definition) is 2. The summed E-state index contributed by atoms with van der Waals surface area (Å²) in [7, 11) is 3.91. The van der Waals surface area contributed by atoms with Crippen molar-refractivity contribution in [2.45, 2.75) is 6.04 Å². The van der Waals surface area contributed by atoms with Crippen LogP contribution in [0.4, 0.5) is 4.39 Å². The highest BCUT2D eigenvalue weighted by atomic mass is 35.5. The summed E-state index contributed by atoms with van der Waals surface area (Å²) in [6.45, 7) is 0.319. The molecule has 21 heavy (non-hydrogen) atoms. The van der Waals surface area contributed by atoms with Crippen LogP contribution in [0, 0.1) is 5.82 Å². The van der Waals surface area contributed by atoms with Gasteiger partial charge in [-0.25, -0.2) is 4.39 Å². The minimum absolute atomic E-state index is 0.0606. The lowest BCUT2D eigenvalue weighted by atomic mass is 10.1. The number of carbonyl (C=O) groups is 1. The SMILES string of the molecule is C[NH+](C)[C@@H](CNC(=O)c1c(F)cccc1Cl)c1ccco1. The molecular formula is C15H17ClFN2O2+. The van der Waals surface area contributed by atoms with Gasteiger partial charge in [0.1, 0.15) is 5.82 Å². The van der Waals surface area contributed by atoms with Gasteiger partial charge < -0.3 is 14.6 Å². The number of benzene rings is 1. The summed E-state index contributed by atoms with van der Waals surface area (Å²) in [5.41, 5.74) is -0.133. The Morgan fingerprint density at radius 1 is 1.38 bits per heavy atom. The number of furan rings is 1. The maximum Gasteiger partial charge on any atom is 0.256 e. The predicted octanol–water partition coefficient (Wildman–Crippen LogP) is 1.69. The van der Waals surface area contributed by atoms with Crippen molar-refractivity contribution >= 4 is 17.5 Å². The number of amides is 1. The number of carbonyl (C=O) groups excluding carboxylic acids is 1. The second-order valence-electron chi connectivity index (χ2n) is 4.95.